The zero-order valence-corrected chi connectivity index (χ0v) is 15.1. The summed E-state index contributed by atoms with van der Waals surface area (Å²) in [4.78, 5) is 26.7. The first-order valence-electron chi connectivity index (χ1n) is 8.31. The Kier molecular flexibility index (Phi) is 5.77. The van der Waals surface area contributed by atoms with Crippen molar-refractivity contribution in [3.63, 3.8) is 0 Å². The molecule has 29 heavy (non-hydrogen) atoms. The van der Waals surface area contributed by atoms with E-state index in [1.165, 1.54) is 24.4 Å². The Bertz CT molecular complexity index is 1040. The molecule has 150 valence electrons. The number of nitro groups is 1. The summed E-state index contributed by atoms with van der Waals surface area (Å²) in [6.07, 6.45) is 0.225. The molecule has 1 aromatic carbocycles. The second-order valence-electron chi connectivity index (χ2n) is 5.98. The van der Waals surface area contributed by atoms with Crippen LogP contribution in [0, 0.1) is 17.0 Å². The van der Waals surface area contributed by atoms with E-state index in [4.69, 9.17) is 4.74 Å². The lowest BCUT2D eigenvalue weighted by Crippen LogP contribution is -2.20. The molecule has 0 saturated heterocycles. The number of nitrogens with one attached hydrogen (secondary N) is 1. The first-order valence-corrected chi connectivity index (χ1v) is 8.31. The van der Waals surface area contributed by atoms with E-state index in [0.717, 1.165) is 10.7 Å². The van der Waals surface area contributed by atoms with Crippen LogP contribution in [0.3, 0.4) is 0 Å². The van der Waals surface area contributed by atoms with Crippen molar-refractivity contribution in [3.05, 3.63) is 70.3 Å². The van der Waals surface area contributed by atoms with E-state index in [0.29, 0.717) is 11.4 Å². The predicted octanol–water partition coefficient (Wildman–Crippen LogP) is 3.86. The van der Waals surface area contributed by atoms with Crippen LogP contribution in [0.25, 0.3) is 0 Å². The molecular weight excluding hydrogens is 388 g/mol. The molecule has 0 radical (unpaired) electrons. The summed E-state index contributed by atoms with van der Waals surface area (Å²) in [5.41, 5.74) is -0.230. The lowest BCUT2D eigenvalue weighted by Gasteiger charge is -2.10. The van der Waals surface area contributed by atoms with Gasteiger partial charge in [0.25, 0.3) is 12.1 Å². The Morgan fingerprint density at radius 1 is 1.31 bits per heavy atom. The predicted molar refractivity (Wildman–Crippen MR) is 98.0 cm³/mol. The highest BCUT2D eigenvalue weighted by Crippen LogP contribution is 2.29. The maximum absolute atomic E-state index is 12.7. The first-order chi connectivity index (χ1) is 13.8. The molecular formula is C18H15F2N5O4. The molecule has 0 spiro atoms. The number of alkyl halides is 2. The van der Waals surface area contributed by atoms with Gasteiger partial charge in [-0.05, 0) is 25.1 Å². The second-order valence-corrected chi connectivity index (χ2v) is 5.98. The fraction of sp³-hybridized carbons (Fsp3) is 0.167. The van der Waals surface area contributed by atoms with Gasteiger partial charge in [0.2, 0.25) is 5.91 Å². The van der Waals surface area contributed by atoms with Crippen molar-refractivity contribution in [2.75, 3.05) is 5.32 Å². The number of ether oxygens (including phenoxy) is 1. The minimum atomic E-state index is -2.75. The number of aryl methyl sites for hydroxylation is 1. The number of amides is 1. The molecule has 0 saturated carbocycles. The van der Waals surface area contributed by atoms with Crippen LogP contribution >= 0.6 is 0 Å². The molecule has 0 aliphatic rings. The van der Waals surface area contributed by atoms with E-state index >= 15 is 0 Å². The zero-order chi connectivity index (χ0) is 21.0. The molecule has 3 aromatic rings. The molecule has 0 bridgehead atoms. The molecule has 1 N–H and O–H groups in total. The van der Waals surface area contributed by atoms with Crippen molar-refractivity contribution in [1.82, 2.24) is 14.8 Å². The number of benzene rings is 1. The lowest BCUT2D eigenvalue weighted by molar-refractivity contribution is -0.384. The summed E-state index contributed by atoms with van der Waals surface area (Å²) in [6, 6.07) is 8.20. The first kappa shape index (κ1) is 19.9. The number of nitro benzene ring substituents is 1. The number of non-ortho nitro benzene ring substituents is 1. The zero-order valence-electron chi connectivity index (χ0n) is 15.1. The highest BCUT2D eigenvalue weighted by molar-refractivity contribution is 5.91. The summed E-state index contributed by atoms with van der Waals surface area (Å²) in [5.74, 6) is -0.112. The van der Waals surface area contributed by atoms with Gasteiger partial charge in [-0.3, -0.25) is 24.6 Å². The van der Waals surface area contributed by atoms with Gasteiger partial charge >= 0.3 is 0 Å². The molecule has 1 amide bonds. The number of halogens is 2. The largest absolute Gasteiger partial charge is 0.455 e. The minimum Gasteiger partial charge on any atom is -0.455 e. The number of nitrogens with zero attached hydrogens (tertiary/aromatic N) is 4. The average molecular weight is 403 g/mol. The highest BCUT2D eigenvalue weighted by Gasteiger charge is 2.17. The summed E-state index contributed by atoms with van der Waals surface area (Å²) in [6.45, 7) is 1.21. The number of carbonyl (C=O) groups excluding carboxylic acids is 1. The molecule has 0 aliphatic heterocycles. The van der Waals surface area contributed by atoms with Gasteiger partial charge in [-0.1, -0.05) is 0 Å². The smallest absolute Gasteiger partial charge is 0.282 e. The van der Waals surface area contributed by atoms with Gasteiger partial charge in [0.15, 0.2) is 0 Å². The van der Waals surface area contributed by atoms with Crippen molar-refractivity contribution in [1.29, 1.82) is 0 Å². The molecule has 9 nitrogen and oxygen atoms in total. The third-order valence-electron chi connectivity index (χ3n) is 3.77. The van der Waals surface area contributed by atoms with Crippen molar-refractivity contribution in [3.8, 4) is 11.5 Å². The Labute approximate surface area is 163 Å². The van der Waals surface area contributed by atoms with Crippen molar-refractivity contribution >= 4 is 17.3 Å². The molecule has 2 aromatic heterocycles. The molecule has 0 unspecified atom stereocenters. The molecule has 11 heteroatoms. The van der Waals surface area contributed by atoms with E-state index in [1.807, 2.05) is 0 Å². The van der Waals surface area contributed by atoms with E-state index in [1.54, 1.807) is 25.3 Å². The number of pyridine rings is 1. The number of aromatic nitrogens is 3. The third-order valence-corrected chi connectivity index (χ3v) is 3.77. The van der Waals surface area contributed by atoms with Crippen LogP contribution in [0.15, 0.2) is 48.8 Å². The van der Waals surface area contributed by atoms with Crippen LogP contribution in [-0.2, 0) is 11.3 Å². The van der Waals surface area contributed by atoms with Gasteiger partial charge in [0.1, 0.15) is 23.7 Å². The average Bonchev–Trinajstić information content (AvgIpc) is 3.03. The fourth-order valence-corrected chi connectivity index (χ4v) is 2.50. The molecule has 0 fully saturated rings. The maximum atomic E-state index is 12.7. The van der Waals surface area contributed by atoms with E-state index < -0.39 is 22.9 Å². The van der Waals surface area contributed by atoms with Crippen molar-refractivity contribution in [2.24, 2.45) is 0 Å². The Morgan fingerprint density at radius 3 is 2.72 bits per heavy atom. The number of rotatable bonds is 7. The van der Waals surface area contributed by atoms with Crippen LogP contribution in [0.4, 0.5) is 20.2 Å². The molecule has 0 atom stereocenters. The van der Waals surface area contributed by atoms with Gasteiger partial charge in [0.05, 0.1) is 22.9 Å². The van der Waals surface area contributed by atoms with E-state index in [9.17, 15) is 23.7 Å². The minimum absolute atomic E-state index is 0.113. The Morgan fingerprint density at radius 2 is 2.10 bits per heavy atom. The van der Waals surface area contributed by atoms with Crippen LogP contribution in [0.5, 0.6) is 11.5 Å². The second kappa shape index (κ2) is 8.42. The summed E-state index contributed by atoms with van der Waals surface area (Å²) in [7, 11) is 0. The van der Waals surface area contributed by atoms with Crippen molar-refractivity contribution in [2.45, 2.75) is 19.9 Å². The van der Waals surface area contributed by atoms with Crippen molar-refractivity contribution < 1.29 is 23.2 Å². The number of hydrogen-bond acceptors (Lipinski definition) is 6. The Hall–Kier alpha value is -3.89. The quantitative estimate of drug-likeness (QED) is 0.473. The Balaban J connectivity index is 1.78. The maximum Gasteiger partial charge on any atom is 0.282 e. The van der Waals surface area contributed by atoms with Crippen LogP contribution in [0.1, 0.15) is 17.8 Å². The van der Waals surface area contributed by atoms with Gasteiger partial charge < -0.3 is 10.1 Å². The SMILES string of the molecule is Cc1cc(C(F)F)nn1CC(=O)Nc1cc(Oc2cccnc2)cc([N+](=O)[O-])c1. The topological polar surface area (TPSA) is 112 Å². The third kappa shape index (κ3) is 5.09. The standard InChI is InChI=1S/C18H15F2N5O4/c1-11-5-16(18(19)20)23-24(11)10-17(26)22-12-6-13(25(27)28)8-15(7-12)29-14-3-2-4-21-9-14/h2-9,18H,10H2,1H3,(H,22,26). The highest BCUT2D eigenvalue weighted by atomic mass is 19.3. The van der Waals surface area contributed by atoms with E-state index in [-0.39, 0.29) is 23.7 Å². The monoisotopic (exact) mass is 403 g/mol. The number of carbonyl (C=O) groups is 1. The molecule has 2 heterocycles. The van der Waals surface area contributed by atoms with Gasteiger partial charge in [-0.25, -0.2) is 8.78 Å². The van der Waals surface area contributed by atoms with Crippen LogP contribution < -0.4 is 10.1 Å². The normalized spacial score (nSPS) is 10.8. The number of anilines is 1. The fourth-order valence-electron chi connectivity index (χ4n) is 2.50. The summed E-state index contributed by atoms with van der Waals surface area (Å²) in [5, 5.41) is 17.4. The molecule has 3 rings (SSSR count). The van der Waals surface area contributed by atoms with Gasteiger partial charge in [-0.2, -0.15) is 5.10 Å². The molecule has 0 aliphatic carbocycles. The van der Waals surface area contributed by atoms with Crippen LogP contribution in [-0.4, -0.2) is 25.6 Å². The lowest BCUT2D eigenvalue weighted by atomic mass is 10.2. The van der Waals surface area contributed by atoms with Crippen LogP contribution in [0.2, 0.25) is 0 Å². The number of hydrogen-bond donors (Lipinski definition) is 1. The van der Waals surface area contributed by atoms with Gasteiger partial charge in [-0.15, -0.1) is 0 Å². The van der Waals surface area contributed by atoms with E-state index in [2.05, 4.69) is 15.4 Å². The van der Waals surface area contributed by atoms with Gasteiger partial charge in [0, 0.05) is 24.0 Å². The summed E-state index contributed by atoms with van der Waals surface area (Å²) < 4.78 is 32.1. The summed E-state index contributed by atoms with van der Waals surface area (Å²) >= 11 is 0.